The van der Waals surface area contributed by atoms with Gasteiger partial charge in [-0.3, -0.25) is 19.2 Å². The minimum atomic E-state index is -1.19. The van der Waals surface area contributed by atoms with Crippen molar-refractivity contribution in [1.82, 2.24) is 0 Å². The van der Waals surface area contributed by atoms with Gasteiger partial charge in [0.1, 0.15) is 12.7 Å². The first-order valence-electron chi connectivity index (χ1n) is 6.52. The van der Waals surface area contributed by atoms with Gasteiger partial charge in [-0.2, -0.15) is 0 Å². The van der Waals surface area contributed by atoms with Gasteiger partial charge in [-0.1, -0.05) is 6.92 Å². The number of carbonyl (C=O) groups is 4. The molecule has 2 N–H and O–H groups in total. The molecule has 0 aliphatic heterocycles. The van der Waals surface area contributed by atoms with Crippen LogP contribution in [0.3, 0.4) is 0 Å². The van der Waals surface area contributed by atoms with Gasteiger partial charge in [-0.25, -0.2) is 0 Å². The molecule has 1 rings (SSSR count). The second-order valence-corrected chi connectivity index (χ2v) is 5.22. The Labute approximate surface area is 121 Å². The van der Waals surface area contributed by atoms with Crippen molar-refractivity contribution in [2.75, 3.05) is 6.61 Å². The summed E-state index contributed by atoms with van der Waals surface area (Å²) < 4.78 is 9.43. The molecule has 0 saturated heterocycles. The van der Waals surface area contributed by atoms with Crippen molar-refractivity contribution in [3.8, 4) is 0 Å². The Kier molecular flexibility index (Phi) is 6.13. The summed E-state index contributed by atoms with van der Waals surface area (Å²) in [5.41, 5.74) is 0. The zero-order valence-electron chi connectivity index (χ0n) is 11.5. The van der Waals surface area contributed by atoms with Gasteiger partial charge in [-0.15, -0.1) is 0 Å². The summed E-state index contributed by atoms with van der Waals surface area (Å²) in [5.74, 6) is -5.16. The Morgan fingerprint density at radius 3 is 2.33 bits per heavy atom. The zero-order valence-corrected chi connectivity index (χ0v) is 11.5. The lowest BCUT2D eigenvalue weighted by molar-refractivity contribution is -0.163. The van der Waals surface area contributed by atoms with E-state index in [2.05, 4.69) is 4.74 Å². The Bertz CT molecular complexity index is 407. The SMILES string of the molecule is CC1CC(C(COC=O)OC=O)CC(C(=O)O)C1C(=O)O. The van der Waals surface area contributed by atoms with Crippen molar-refractivity contribution in [3.05, 3.63) is 0 Å². The standard InChI is InChI=1S/C13H18O8/c1-7-2-8(10(21-6-15)4-20-5-14)3-9(12(16)17)11(7)13(18)19/h5-11H,2-4H2,1H3,(H,16,17)(H,18,19). The predicted molar refractivity (Wildman–Crippen MR) is 67.1 cm³/mol. The Hall–Kier alpha value is -2.12. The lowest BCUT2D eigenvalue weighted by Gasteiger charge is -2.38. The van der Waals surface area contributed by atoms with Crippen molar-refractivity contribution in [1.29, 1.82) is 0 Å². The maximum atomic E-state index is 11.3. The normalized spacial score (nSPS) is 30.0. The van der Waals surface area contributed by atoms with Crippen LogP contribution in [-0.4, -0.2) is 47.8 Å². The molecule has 0 aromatic carbocycles. The summed E-state index contributed by atoms with van der Waals surface area (Å²) in [7, 11) is 0. The minimum Gasteiger partial charge on any atom is -0.481 e. The number of hydrogen-bond acceptors (Lipinski definition) is 6. The molecule has 0 aromatic rings. The van der Waals surface area contributed by atoms with Crippen LogP contribution in [0.4, 0.5) is 0 Å². The molecule has 0 aromatic heterocycles. The highest BCUT2D eigenvalue weighted by Gasteiger charge is 2.46. The first-order valence-corrected chi connectivity index (χ1v) is 6.52. The quantitative estimate of drug-likeness (QED) is 0.606. The van der Waals surface area contributed by atoms with Gasteiger partial charge in [0.25, 0.3) is 12.9 Å². The zero-order chi connectivity index (χ0) is 16.0. The fourth-order valence-corrected chi connectivity index (χ4v) is 3.06. The van der Waals surface area contributed by atoms with Crippen LogP contribution in [-0.2, 0) is 28.7 Å². The number of carbonyl (C=O) groups excluding carboxylic acids is 2. The van der Waals surface area contributed by atoms with E-state index in [4.69, 9.17) is 4.74 Å². The maximum Gasteiger partial charge on any atom is 0.307 e. The summed E-state index contributed by atoms with van der Waals surface area (Å²) in [6.45, 7) is 1.90. The summed E-state index contributed by atoms with van der Waals surface area (Å²) in [6.07, 6.45) is -0.342. The van der Waals surface area contributed by atoms with E-state index < -0.39 is 35.8 Å². The molecule has 0 heterocycles. The minimum absolute atomic E-state index is 0.0529. The number of ether oxygens (including phenoxy) is 2. The highest BCUT2D eigenvalue weighted by Crippen LogP contribution is 2.40. The van der Waals surface area contributed by atoms with Gasteiger partial charge in [0.05, 0.1) is 11.8 Å². The molecule has 0 radical (unpaired) electrons. The van der Waals surface area contributed by atoms with E-state index in [1.807, 2.05) is 0 Å². The largest absolute Gasteiger partial charge is 0.481 e. The van der Waals surface area contributed by atoms with E-state index in [1.165, 1.54) is 0 Å². The Morgan fingerprint density at radius 1 is 1.19 bits per heavy atom. The Balaban J connectivity index is 2.90. The molecule has 21 heavy (non-hydrogen) atoms. The molecule has 8 nitrogen and oxygen atoms in total. The Morgan fingerprint density at radius 2 is 1.86 bits per heavy atom. The highest BCUT2D eigenvalue weighted by atomic mass is 16.6. The fourth-order valence-electron chi connectivity index (χ4n) is 3.06. The van der Waals surface area contributed by atoms with Crippen LogP contribution in [0, 0.1) is 23.7 Å². The number of rotatable bonds is 8. The van der Waals surface area contributed by atoms with Crippen molar-refractivity contribution in [2.24, 2.45) is 23.7 Å². The first-order chi connectivity index (χ1) is 9.92. The number of hydrogen-bond donors (Lipinski definition) is 2. The van der Waals surface area contributed by atoms with E-state index in [0.717, 1.165) is 0 Å². The van der Waals surface area contributed by atoms with Gasteiger partial charge >= 0.3 is 11.9 Å². The fraction of sp³-hybridized carbons (Fsp3) is 0.692. The molecule has 0 bridgehead atoms. The van der Waals surface area contributed by atoms with Crippen LogP contribution >= 0.6 is 0 Å². The van der Waals surface area contributed by atoms with Crippen molar-refractivity contribution in [3.63, 3.8) is 0 Å². The van der Waals surface area contributed by atoms with E-state index in [0.29, 0.717) is 6.42 Å². The molecule has 1 aliphatic carbocycles. The highest BCUT2D eigenvalue weighted by molar-refractivity contribution is 5.80. The third kappa shape index (κ3) is 4.17. The lowest BCUT2D eigenvalue weighted by Crippen LogP contribution is -2.44. The van der Waals surface area contributed by atoms with Crippen LogP contribution in [0.15, 0.2) is 0 Å². The molecule has 118 valence electrons. The van der Waals surface area contributed by atoms with Crippen LogP contribution in [0.1, 0.15) is 19.8 Å². The summed E-state index contributed by atoms with van der Waals surface area (Å²) in [6, 6.07) is 0. The third-order valence-electron chi connectivity index (χ3n) is 3.96. The maximum absolute atomic E-state index is 11.3. The van der Waals surface area contributed by atoms with Crippen LogP contribution < -0.4 is 0 Å². The van der Waals surface area contributed by atoms with Crippen LogP contribution in [0.5, 0.6) is 0 Å². The molecule has 8 heteroatoms. The molecule has 0 amide bonds. The topological polar surface area (TPSA) is 127 Å². The number of aliphatic carboxylic acids is 2. The van der Waals surface area contributed by atoms with Crippen molar-refractivity contribution in [2.45, 2.75) is 25.9 Å². The molecular formula is C13H18O8. The van der Waals surface area contributed by atoms with E-state index in [-0.39, 0.29) is 31.9 Å². The van der Waals surface area contributed by atoms with E-state index in [9.17, 15) is 29.4 Å². The molecule has 1 fully saturated rings. The summed E-state index contributed by atoms with van der Waals surface area (Å²) in [5, 5.41) is 18.4. The van der Waals surface area contributed by atoms with Gasteiger partial charge in [0.15, 0.2) is 0 Å². The van der Waals surface area contributed by atoms with Crippen molar-refractivity contribution < 1.29 is 38.9 Å². The smallest absolute Gasteiger partial charge is 0.307 e. The first kappa shape index (κ1) is 16.9. The number of carboxylic acids is 2. The molecule has 5 unspecified atom stereocenters. The van der Waals surface area contributed by atoms with E-state index >= 15 is 0 Å². The average molecular weight is 302 g/mol. The molecular weight excluding hydrogens is 284 g/mol. The van der Waals surface area contributed by atoms with E-state index in [1.54, 1.807) is 6.92 Å². The van der Waals surface area contributed by atoms with Crippen molar-refractivity contribution >= 4 is 24.9 Å². The summed E-state index contributed by atoms with van der Waals surface area (Å²) in [4.78, 5) is 43.3. The monoisotopic (exact) mass is 302 g/mol. The summed E-state index contributed by atoms with van der Waals surface area (Å²) >= 11 is 0. The second kappa shape index (κ2) is 7.61. The van der Waals surface area contributed by atoms with Crippen LogP contribution in [0.2, 0.25) is 0 Å². The van der Waals surface area contributed by atoms with Gasteiger partial charge in [0, 0.05) is 5.92 Å². The molecule has 0 spiro atoms. The van der Waals surface area contributed by atoms with Gasteiger partial charge in [0.2, 0.25) is 0 Å². The molecule has 5 atom stereocenters. The van der Waals surface area contributed by atoms with Gasteiger partial charge in [-0.05, 0) is 18.8 Å². The second-order valence-electron chi connectivity index (χ2n) is 5.22. The van der Waals surface area contributed by atoms with Gasteiger partial charge < -0.3 is 19.7 Å². The molecule has 1 aliphatic rings. The number of carboxylic acid groups (broad SMARTS) is 2. The third-order valence-corrected chi connectivity index (χ3v) is 3.96. The van der Waals surface area contributed by atoms with Crippen LogP contribution in [0.25, 0.3) is 0 Å². The average Bonchev–Trinajstić information content (AvgIpc) is 2.41. The lowest BCUT2D eigenvalue weighted by atomic mass is 9.67. The predicted octanol–water partition coefficient (Wildman–Crippen LogP) is 0.149. The molecule has 1 saturated carbocycles.